The highest BCUT2D eigenvalue weighted by Crippen LogP contribution is 2.25. The highest BCUT2D eigenvalue weighted by Gasteiger charge is 2.09. The van der Waals surface area contributed by atoms with E-state index in [0.29, 0.717) is 6.54 Å². The van der Waals surface area contributed by atoms with Crippen LogP contribution in [0.5, 0.6) is 0 Å². The Kier molecular flexibility index (Phi) is 3.44. The second kappa shape index (κ2) is 5.25. The van der Waals surface area contributed by atoms with E-state index in [4.69, 9.17) is 4.52 Å². The van der Waals surface area contributed by atoms with Gasteiger partial charge in [0.2, 0.25) is 0 Å². The molecule has 0 saturated carbocycles. The normalized spacial score (nSPS) is 10.9. The number of para-hydroxylation sites is 1. The number of benzene rings is 1. The van der Waals surface area contributed by atoms with Gasteiger partial charge in [0.25, 0.3) is 0 Å². The first kappa shape index (κ1) is 13.1. The van der Waals surface area contributed by atoms with Crippen molar-refractivity contribution in [2.24, 2.45) is 0 Å². The SMILES string of the molecule is Cc1noc(C)c1CNc1cccc2cc(Br)cnc12. The van der Waals surface area contributed by atoms with Crippen LogP contribution in [0.15, 0.2) is 39.5 Å². The molecule has 0 amide bonds. The van der Waals surface area contributed by atoms with Crippen LogP contribution in [0.1, 0.15) is 17.0 Å². The first-order valence-electron chi connectivity index (χ1n) is 6.35. The summed E-state index contributed by atoms with van der Waals surface area (Å²) in [5, 5.41) is 8.48. The van der Waals surface area contributed by atoms with Gasteiger partial charge in [0, 0.05) is 28.2 Å². The van der Waals surface area contributed by atoms with Crippen LogP contribution in [-0.2, 0) is 6.54 Å². The number of halogens is 1. The third-order valence-electron chi connectivity index (χ3n) is 3.31. The van der Waals surface area contributed by atoms with Crippen molar-refractivity contribution in [2.75, 3.05) is 5.32 Å². The van der Waals surface area contributed by atoms with Gasteiger partial charge in [0.1, 0.15) is 5.76 Å². The standard InChI is InChI=1S/C15H14BrN3O/c1-9-13(10(2)20-19-9)8-17-14-5-3-4-11-6-12(16)7-18-15(11)14/h3-7,17H,8H2,1-2H3. The summed E-state index contributed by atoms with van der Waals surface area (Å²) in [6, 6.07) is 8.16. The molecule has 3 aromatic rings. The molecule has 4 nitrogen and oxygen atoms in total. The third kappa shape index (κ3) is 2.41. The van der Waals surface area contributed by atoms with E-state index in [-0.39, 0.29) is 0 Å². The molecule has 0 fully saturated rings. The van der Waals surface area contributed by atoms with Crippen molar-refractivity contribution in [1.29, 1.82) is 0 Å². The maximum absolute atomic E-state index is 5.18. The van der Waals surface area contributed by atoms with Gasteiger partial charge in [-0.25, -0.2) is 0 Å². The lowest BCUT2D eigenvalue weighted by molar-refractivity contribution is 0.392. The monoisotopic (exact) mass is 331 g/mol. The summed E-state index contributed by atoms with van der Waals surface area (Å²) in [4.78, 5) is 4.48. The summed E-state index contributed by atoms with van der Waals surface area (Å²) in [5.41, 5.74) is 3.99. The molecule has 0 aliphatic rings. The smallest absolute Gasteiger partial charge is 0.138 e. The van der Waals surface area contributed by atoms with Crippen LogP contribution in [0.25, 0.3) is 10.9 Å². The van der Waals surface area contributed by atoms with Crippen molar-refractivity contribution in [1.82, 2.24) is 10.1 Å². The molecule has 20 heavy (non-hydrogen) atoms. The fraction of sp³-hybridized carbons (Fsp3) is 0.200. The minimum atomic E-state index is 0.679. The Morgan fingerprint density at radius 2 is 2.15 bits per heavy atom. The number of nitrogens with one attached hydrogen (secondary N) is 1. The van der Waals surface area contributed by atoms with Gasteiger partial charge in [-0.1, -0.05) is 17.3 Å². The number of hydrogen-bond acceptors (Lipinski definition) is 4. The molecule has 0 unspecified atom stereocenters. The van der Waals surface area contributed by atoms with E-state index in [1.165, 1.54) is 0 Å². The summed E-state index contributed by atoms with van der Waals surface area (Å²) in [5.74, 6) is 0.853. The lowest BCUT2D eigenvalue weighted by atomic mass is 10.1. The molecule has 1 N–H and O–H groups in total. The number of anilines is 1. The molecule has 0 atom stereocenters. The van der Waals surface area contributed by atoms with Crippen LogP contribution in [-0.4, -0.2) is 10.1 Å². The Labute approximate surface area is 125 Å². The van der Waals surface area contributed by atoms with E-state index in [0.717, 1.165) is 38.1 Å². The number of fused-ring (bicyclic) bond motifs is 1. The van der Waals surface area contributed by atoms with E-state index >= 15 is 0 Å². The predicted molar refractivity (Wildman–Crippen MR) is 82.7 cm³/mol. The lowest BCUT2D eigenvalue weighted by Crippen LogP contribution is -2.02. The van der Waals surface area contributed by atoms with E-state index < -0.39 is 0 Å². The predicted octanol–water partition coefficient (Wildman–Crippen LogP) is 4.21. The summed E-state index contributed by atoms with van der Waals surface area (Å²) in [6.45, 7) is 4.56. The topological polar surface area (TPSA) is 51.0 Å². The Morgan fingerprint density at radius 3 is 2.90 bits per heavy atom. The molecule has 0 spiro atoms. The number of aryl methyl sites for hydroxylation is 2. The molecule has 5 heteroatoms. The zero-order valence-electron chi connectivity index (χ0n) is 11.3. The second-order valence-electron chi connectivity index (χ2n) is 4.69. The Hall–Kier alpha value is -1.88. The molecular weight excluding hydrogens is 318 g/mol. The van der Waals surface area contributed by atoms with Crippen molar-refractivity contribution in [3.63, 3.8) is 0 Å². The third-order valence-corrected chi connectivity index (χ3v) is 3.75. The summed E-state index contributed by atoms with van der Waals surface area (Å²) < 4.78 is 6.15. The highest BCUT2D eigenvalue weighted by atomic mass is 79.9. The molecule has 0 bridgehead atoms. The molecule has 0 radical (unpaired) electrons. The van der Waals surface area contributed by atoms with Crippen LogP contribution in [0.3, 0.4) is 0 Å². The Morgan fingerprint density at radius 1 is 1.30 bits per heavy atom. The zero-order chi connectivity index (χ0) is 14.1. The maximum atomic E-state index is 5.18. The van der Waals surface area contributed by atoms with Gasteiger partial charge in [0.15, 0.2) is 0 Å². The first-order chi connectivity index (χ1) is 9.65. The van der Waals surface area contributed by atoms with Crippen LogP contribution in [0.2, 0.25) is 0 Å². The summed E-state index contributed by atoms with van der Waals surface area (Å²) >= 11 is 3.44. The molecule has 2 heterocycles. The molecule has 0 aliphatic heterocycles. The molecular formula is C15H14BrN3O. The maximum Gasteiger partial charge on any atom is 0.138 e. The number of hydrogen-bond donors (Lipinski definition) is 1. The fourth-order valence-electron chi connectivity index (χ4n) is 2.21. The van der Waals surface area contributed by atoms with Crippen LogP contribution >= 0.6 is 15.9 Å². The number of rotatable bonds is 3. The molecule has 1 aromatic carbocycles. The van der Waals surface area contributed by atoms with Crippen LogP contribution in [0.4, 0.5) is 5.69 Å². The van der Waals surface area contributed by atoms with Gasteiger partial charge in [-0.05, 0) is 41.9 Å². The van der Waals surface area contributed by atoms with Gasteiger partial charge >= 0.3 is 0 Å². The molecule has 0 aliphatic carbocycles. The Balaban J connectivity index is 1.92. The average Bonchev–Trinajstić information content (AvgIpc) is 2.75. The molecule has 0 saturated heterocycles. The highest BCUT2D eigenvalue weighted by molar-refractivity contribution is 9.10. The fourth-order valence-corrected chi connectivity index (χ4v) is 2.56. The largest absolute Gasteiger partial charge is 0.379 e. The van der Waals surface area contributed by atoms with Crippen LogP contribution < -0.4 is 5.32 Å². The molecule has 102 valence electrons. The van der Waals surface area contributed by atoms with Crippen molar-refractivity contribution in [2.45, 2.75) is 20.4 Å². The molecule has 2 aromatic heterocycles. The van der Waals surface area contributed by atoms with E-state index in [1.54, 1.807) is 0 Å². The lowest BCUT2D eigenvalue weighted by Gasteiger charge is -2.09. The van der Waals surface area contributed by atoms with Gasteiger partial charge < -0.3 is 9.84 Å². The number of aromatic nitrogens is 2. The van der Waals surface area contributed by atoms with Gasteiger partial charge in [-0.15, -0.1) is 0 Å². The number of nitrogens with zero attached hydrogens (tertiary/aromatic N) is 2. The summed E-state index contributed by atoms with van der Waals surface area (Å²) in [6.07, 6.45) is 1.81. The first-order valence-corrected chi connectivity index (χ1v) is 7.14. The molecule has 3 rings (SSSR count). The number of pyridine rings is 1. The van der Waals surface area contributed by atoms with Gasteiger partial charge in [0.05, 0.1) is 16.9 Å². The van der Waals surface area contributed by atoms with E-state index in [2.05, 4.69) is 37.5 Å². The zero-order valence-corrected chi connectivity index (χ0v) is 12.9. The van der Waals surface area contributed by atoms with Gasteiger partial charge in [-0.2, -0.15) is 0 Å². The minimum Gasteiger partial charge on any atom is -0.379 e. The van der Waals surface area contributed by atoms with E-state index in [9.17, 15) is 0 Å². The van der Waals surface area contributed by atoms with E-state index in [1.807, 2.05) is 38.2 Å². The quantitative estimate of drug-likeness (QED) is 0.780. The van der Waals surface area contributed by atoms with Crippen molar-refractivity contribution < 1.29 is 4.52 Å². The van der Waals surface area contributed by atoms with Crippen LogP contribution in [0, 0.1) is 13.8 Å². The van der Waals surface area contributed by atoms with Crippen molar-refractivity contribution in [3.05, 3.63) is 52.0 Å². The summed E-state index contributed by atoms with van der Waals surface area (Å²) in [7, 11) is 0. The van der Waals surface area contributed by atoms with Gasteiger partial charge in [-0.3, -0.25) is 4.98 Å². The average molecular weight is 332 g/mol. The van der Waals surface area contributed by atoms with Crippen molar-refractivity contribution >= 4 is 32.5 Å². The second-order valence-corrected chi connectivity index (χ2v) is 5.60. The minimum absolute atomic E-state index is 0.679. The van der Waals surface area contributed by atoms with Crippen molar-refractivity contribution in [3.8, 4) is 0 Å². The Bertz CT molecular complexity index is 747.